The highest BCUT2D eigenvalue weighted by Gasteiger charge is 2.36. The standard InChI is InChI=1S/C25H28N6/c1-16-6-11-22-23(12-16)26-28-25(22)24-15-31(29-27-24)19-9-7-17(8-10-19)18-13-20-4-3-5-21(14-18)30(20)2/h6-12,15,18,20-21H,3-5,13-14H2,1-2H3,(H,26,28)/t18?,20-,21+. The Morgan fingerprint density at radius 2 is 1.77 bits per heavy atom. The van der Waals surface area contributed by atoms with Crippen molar-refractivity contribution in [3.8, 4) is 17.1 Å². The van der Waals surface area contributed by atoms with Gasteiger partial charge in [-0.15, -0.1) is 5.10 Å². The lowest BCUT2D eigenvalue weighted by molar-refractivity contribution is 0.0555. The van der Waals surface area contributed by atoms with E-state index in [1.54, 1.807) is 0 Å². The van der Waals surface area contributed by atoms with Crippen LogP contribution in [0.1, 0.15) is 49.1 Å². The molecule has 2 aromatic heterocycles. The van der Waals surface area contributed by atoms with Crippen LogP contribution in [0, 0.1) is 6.92 Å². The summed E-state index contributed by atoms with van der Waals surface area (Å²) >= 11 is 0. The second kappa shape index (κ2) is 7.31. The minimum atomic E-state index is 0.672. The summed E-state index contributed by atoms with van der Waals surface area (Å²) in [6.07, 6.45) is 8.63. The molecule has 2 aliphatic rings. The molecule has 0 saturated carbocycles. The zero-order valence-electron chi connectivity index (χ0n) is 18.1. The van der Waals surface area contributed by atoms with Gasteiger partial charge in [-0.1, -0.05) is 35.9 Å². The second-order valence-corrected chi connectivity index (χ2v) is 9.33. The van der Waals surface area contributed by atoms with Crippen molar-refractivity contribution in [3.63, 3.8) is 0 Å². The fourth-order valence-electron chi connectivity index (χ4n) is 5.61. The summed E-state index contributed by atoms with van der Waals surface area (Å²) in [5.74, 6) is 0.672. The van der Waals surface area contributed by atoms with Crippen molar-refractivity contribution in [1.82, 2.24) is 30.1 Å². The number of H-pyrrole nitrogens is 1. The van der Waals surface area contributed by atoms with Crippen molar-refractivity contribution < 1.29 is 0 Å². The number of benzene rings is 2. The van der Waals surface area contributed by atoms with Crippen LogP contribution in [-0.4, -0.2) is 49.2 Å². The lowest BCUT2D eigenvalue weighted by Crippen LogP contribution is -2.49. The first-order chi connectivity index (χ1) is 15.2. The minimum absolute atomic E-state index is 0.672. The van der Waals surface area contributed by atoms with Crippen LogP contribution in [0.4, 0.5) is 0 Å². The van der Waals surface area contributed by atoms with Gasteiger partial charge in [0.2, 0.25) is 0 Å². The Bertz CT molecular complexity index is 1210. The first-order valence-electron chi connectivity index (χ1n) is 11.4. The van der Waals surface area contributed by atoms with E-state index in [4.69, 9.17) is 0 Å². The van der Waals surface area contributed by atoms with Crippen molar-refractivity contribution in [2.24, 2.45) is 0 Å². The molecule has 0 amide bonds. The van der Waals surface area contributed by atoms with Crippen LogP contribution in [0.25, 0.3) is 28.0 Å². The highest BCUT2D eigenvalue weighted by molar-refractivity contribution is 5.92. The molecule has 2 bridgehead atoms. The van der Waals surface area contributed by atoms with Crippen LogP contribution >= 0.6 is 0 Å². The number of fused-ring (bicyclic) bond motifs is 3. The first-order valence-corrected chi connectivity index (χ1v) is 11.4. The van der Waals surface area contributed by atoms with Gasteiger partial charge in [-0.25, -0.2) is 4.68 Å². The van der Waals surface area contributed by atoms with Gasteiger partial charge in [0.15, 0.2) is 0 Å². The summed E-state index contributed by atoms with van der Waals surface area (Å²) in [6.45, 7) is 2.08. The molecule has 0 spiro atoms. The number of hydrogen-bond donors (Lipinski definition) is 1. The first kappa shape index (κ1) is 18.8. The van der Waals surface area contributed by atoms with Crippen LogP contribution in [0.15, 0.2) is 48.7 Å². The van der Waals surface area contributed by atoms with Gasteiger partial charge in [-0.2, -0.15) is 5.10 Å². The average molecular weight is 413 g/mol. The average Bonchev–Trinajstić information content (AvgIpc) is 3.40. The Labute approximate surface area is 182 Å². The van der Waals surface area contributed by atoms with Crippen molar-refractivity contribution in [1.29, 1.82) is 0 Å². The Kier molecular flexibility index (Phi) is 4.42. The number of piperidine rings is 2. The molecular formula is C25H28N6. The Morgan fingerprint density at radius 1 is 1.00 bits per heavy atom. The summed E-state index contributed by atoms with van der Waals surface area (Å²) in [5.41, 5.74) is 6.35. The summed E-state index contributed by atoms with van der Waals surface area (Å²) in [7, 11) is 2.32. The second-order valence-electron chi connectivity index (χ2n) is 9.33. The molecular weight excluding hydrogens is 384 g/mol. The molecule has 4 heterocycles. The number of nitrogens with zero attached hydrogens (tertiary/aromatic N) is 5. The molecule has 1 unspecified atom stereocenters. The number of nitrogens with one attached hydrogen (secondary N) is 1. The fourth-order valence-corrected chi connectivity index (χ4v) is 5.61. The van der Waals surface area contributed by atoms with Gasteiger partial charge in [-0.3, -0.25) is 5.10 Å². The Balaban J connectivity index is 1.24. The molecule has 1 N–H and O–H groups in total. The fraction of sp³-hybridized carbons (Fsp3) is 0.400. The predicted octanol–water partition coefficient (Wildman–Crippen LogP) is 4.85. The number of aryl methyl sites for hydroxylation is 1. The van der Waals surface area contributed by atoms with Crippen molar-refractivity contribution >= 4 is 10.9 Å². The largest absolute Gasteiger partial charge is 0.300 e. The molecule has 0 aliphatic carbocycles. The normalized spacial score (nSPS) is 24.0. The molecule has 6 heteroatoms. The lowest BCUT2D eigenvalue weighted by Gasteiger charge is -2.47. The summed E-state index contributed by atoms with van der Waals surface area (Å²) in [5, 5.41) is 17.4. The van der Waals surface area contributed by atoms with Gasteiger partial charge in [0.1, 0.15) is 11.4 Å². The maximum atomic E-state index is 4.48. The SMILES string of the molecule is Cc1ccc2c(-c3cn(-c4ccc(C5C[C@H]6CCC[C@@H](C5)N6C)cc4)nn3)n[nH]c2c1. The number of aromatic nitrogens is 5. The molecule has 31 heavy (non-hydrogen) atoms. The molecule has 2 aromatic carbocycles. The zero-order valence-corrected chi connectivity index (χ0v) is 18.1. The summed E-state index contributed by atoms with van der Waals surface area (Å²) < 4.78 is 1.84. The van der Waals surface area contributed by atoms with E-state index in [1.165, 1.54) is 43.2 Å². The van der Waals surface area contributed by atoms with Crippen LogP contribution in [-0.2, 0) is 0 Å². The van der Waals surface area contributed by atoms with E-state index in [-0.39, 0.29) is 0 Å². The van der Waals surface area contributed by atoms with E-state index in [1.807, 2.05) is 10.9 Å². The third kappa shape index (κ3) is 3.26. The van der Waals surface area contributed by atoms with Crippen molar-refractivity contribution in [2.75, 3.05) is 7.05 Å². The molecule has 6 nitrogen and oxygen atoms in total. The maximum absolute atomic E-state index is 4.48. The number of hydrogen-bond acceptors (Lipinski definition) is 4. The monoisotopic (exact) mass is 412 g/mol. The number of rotatable bonds is 3. The van der Waals surface area contributed by atoms with Crippen molar-refractivity contribution in [3.05, 3.63) is 59.8 Å². The molecule has 3 atom stereocenters. The Morgan fingerprint density at radius 3 is 2.55 bits per heavy atom. The predicted molar refractivity (Wildman–Crippen MR) is 122 cm³/mol. The van der Waals surface area contributed by atoms with Gasteiger partial charge >= 0.3 is 0 Å². The molecule has 6 rings (SSSR count). The van der Waals surface area contributed by atoms with Crippen LogP contribution in [0.3, 0.4) is 0 Å². The summed E-state index contributed by atoms with van der Waals surface area (Å²) in [6, 6.07) is 16.7. The van der Waals surface area contributed by atoms with Gasteiger partial charge in [0, 0.05) is 17.5 Å². The summed E-state index contributed by atoms with van der Waals surface area (Å²) in [4.78, 5) is 2.63. The van der Waals surface area contributed by atoms with Crippen LogP contribution in [0.5, 0.6) is 0 Å². The van der Waals surface area contributed by atoms with E-state index in [2.05, 4.69) is 81.8 Å². The molecule has 0 radical (unpaired) electrons. The minimum Gasteiger partial charge on any atom is -0.300 e. The van der Waals surface area contributed by atoms with E-state index in [9.17, 15) is 0 Å². The van der Waals surface area contributed by atoms with E-state index < -0.39 is 0 Å². The molecule has 2 saturated heterocycles. The van der Waals surface area contributed by atoms with E-state index >= 15 is 0 Å². The molecule has 4 aromatic rings. The van der Waals surface area contributed by atoms with Crippen LogP contribution < -0.4 is 0 Å². The topological polar surface area (TPSA) is 62.6 Å². The third-order valence-electron chi connectivity index (χ3n) is 7.42. The highest BCUT2D eigenvalue weighted by Crippen LogP contribution is 2.40. The smallest absolute Gasteiger partial charge is 0.134 e. The van der Waals surface area contributed by atoms with Gasteiger partial charge in [0.05, 0.1) is 17.4 Å². The van der Waals surface area contributed by atoms with Gasteiger partial charge in [-0.05, 0) is 74.9 Å². The highest BCUT2D eigenvalue weighted by atomic mass is 15.4. The van der Waals surface area contributed by atoms with E-state index in [0.29, 0.717) is 5.92 Å². The lowest BCUT2D eigenvalue weighted by atomic mass is 9.76. The van der Waals surface area contributed by atoms with Gasteiger partial charge < -0.3 is 4.90 Å². The third-order valence-corrected chi connectivity index (χ3v) is 7.42. The molecule has 2 aliphatic heterocycles. The van der Waals surface area contributed by atoms with Gasteiger partial charge in [0.25, 0.3) is 0 Å². The molecule has 2 fully saturated rings. The van der Waals surface area contributed by atoms with Crippen LogP contribution in [0.2, 0.25) is 0 Å². The quantitative estimate of drug-likeness (QED) is 0.522. The Hall–Kier alpha value is -2.99. The van der Waals surface area contributed by atoms with E-state index in [0.717, 1.165) is 40.1 Å². The van der Waals surface area contributed by atoms with Crippen molar-refractivity contribution in [2.45, 2.75) is 57.0 Å². The zero-order chi connectivity index (χ0) is 20.9. The molecule has 158 valence electrons. The number of aromatic amines is 1. The maximum Gasteiger partial charge on any atom is 0.134 e.